The van der Waals surface area contributed by atoms with Gasteiger partial charge in [-0.25, -0.2) is 0 Å². The Morgan fingerprint density at radius 2 is 1.87 bits per heavy atom. The lowest BCUT2D eigenvalue weighted by Crippen LogP contribution is -2.35. The summed E-state index contributed by atoms with van der Waals surface area (Å²) in [7, 11) is 4.17. The molecule has 0 radical (unpaired) electrons. The van der Waals surface area contributed by atoms with Gasteiger partial charge in [-0.1, -0.05) is 17.7 Å². The maximum Gasteiger partial charge on any atom is 0.170 e. The third kappa shape index (κ3) is 4.33. The van der Waals surface area contributed by atoms with Crippen molar-refractivity contribution in [1.29, 1.82) is 0 Å². The van der Waals surface area contributed by atoms with Gasteiger partial charge in [0.25, 0.3) is 0 Å². The summed E-state index contributed by atoms with van der Waals surface area (Å²) in [6, 6.07) is 16.4. The summed E-state index contributed by atoms with van der Waals surface area (Å²) < 4.78 is 2.28. The highest BCUT2D eigenvalue weighted by Crippen LogP contribution is 2.41. The Labute approximate surface area is 194 Å². The molecule has 2 aromatic heterocycles. The molecule has 3 heterocycles. The van der Waals surface area contributed by atoms with E-state index in [0.29, 0.717) is 0 Å². The number of rotatable bonds is 6. The highest BCUT2D eigenvalue weighted by molar-refractivity contribution is 7.80. The van der Waals surface area contributed by atoms with Crippen molar-refractivity contribution < 1.29 is 0 Å². The van der Waals surface area contributed by atoms with Gasteiger partial charge in [-0.15, -0.1) is 0 Å². The molecule has 0 saturated carbocycles. The van der Waals surface area contributed by atoms with Gasteiger partial charge in [-0.2, -0.15) is 0 Å². The highest BCUT2D eigenvalue weighted by Gasteiger charge is 2.41. The van der Waals surface area contributed by atoms with Gasteiger partial charge in [0.15, 0.2) is 5.11 Å². The van der Waals surface area contributed by atoms with Crippen LogP contribution in [0.1, 0.15) is 34.7 Å². The fourth-order valence-electron chi connectivity index (χ4n) is 4.37. The van der Waals surface area contributed by atoms with Crippen molar-refractivity contribution in [1.82, 2.24) is 24.7 Å². The van der Waals surface area contributed by atoms with Crippen LogP contribution in [-0.4, -0.2) is 51.6 Å². The minimum atomic E-state index is -0.00460. The van der Waals surface area contributed by atoms with E-state index >= 15 is 0 Å². The molecule has 0 unspecified atom stereocenters. The van der Waals surface area contributed by atoms with Gasteiger partial charge >= 0.3 is 0 Å². The van der Waals surface area contributed by atoms with E-state index in [2.05, 4.69) is 76.9 Å². The molecule has 5 nitrogen and oxygen atoms in total. The van der Waals surface area contributed by atoms with Gasteiger partial charge in [0.05, 0.1) is 17.8 Å². The number of likely N-dealkylation sites (N-methyl/N-ethyl adjacent to an activating group) is 1. The summed E-state index contributed by atoms with van der Waals surface area (Å²) in [5.74, 6) is 0. The Bertz CT molecular complexity index is 1060. The fraction of sp³-hybridized carbons (Fsp3) is 0.333. The molecule has 0 spiro atoms. The van der Waals surface area contributed by atoms with Gasteiger partial charge < -0.3 is 19.7 Å². The average Bonchev–Trinajstić information content (AvgIpc) is 3.23. The second-order valence-electron chi connectivity index (χ2n) is 8.26. The van der Waals surface area contributed by atoms with Crippen molar-refractivity contribution in [2.24, 2.45) is 0 Å². The number of aryl methyl sites for hydroxylation is 1. The molecule has 0 aliphatic carbocycles. The van der Waals surface area contributed by atoms with Crippen molar-refractivity contribution in [2.75, 3.05) is 27.2 Å². The number of benzene rings is 1. The largest absolute Gasteiger partial charge is 0.352 e. The van der Waals surface area contributed by atoms with Crippen LogP contribution in [0, 0.1) is 13.8 Å². The smallest absolute Gasteiger partial charge is 0.170 e. The summed E-state index contributed by atoms with van der Waals surface area (Å²) in [6.07, 6.45) is 1.84. The van der Waals surface area contributed by atoms with Crippen molar-refractivity contribution in [3.8, 4) is 5.69 Å². The minimum Gasteiger partial charge on any atom is -0.352 e. The predicted octanol–water partition coefficient (Wildman–Crippen LogP) is 4.68. The van der Waals surface area contributed by atoms with Crippen LogP contribution in [0.3, 0.4) is 0 Å². The van der Waals surface area contributed by atoms with Gasteiger partial charge in [0.1, 0.15) is 0 Å². The first kappa shape index (κ1) is 21.8. The lowest BCUT2D eigenvalue weighted by atomic mass is 9.97. The first-order chi connectivity index (χ1) is 14.9. The van der Waals surface area contributed by atoms with Crippen LogP contribution in [0.4, 0.5) is 0 Å². The number of hydrogen-bond acceptors (Lipinski definition) is 3. The first-order valence-corrected chi connectivity index (χ1v) is 11.2. The molecule has 0 bridgehead atoms. The van der Waals surface area contributed by atoms with E-state index < -0.39 is 0 Å². The zero-order valence-corrected chi connectivity index (χ0v) is 19.9. The Morgan fingerprint density at radius 1 is 1.13 bits per heavy atom. The second-order valence-corrected chi connectivity index (χ2v) is 9.08. The Hall–Kier alpha value is -2.41. The number of aromatic nitrogens is 2. The molecule has 0 amide bonds. The maximum absolute atomic E-state index is 6.12. The summed E-state index contributed by atoms with van der Waals surface area (Å²) in [6.45, 7) is 6.09. The number of nitrogens with one attached hydrogen (secondary N) is 1. The normalized spacial score (nSPS) is 18.6. The molecular weight excluding hydrogens is 426 g/mol. The topological polar surface area (TPSA) is 36.3 Å². The molecule has 1 aliphatic heterocycles. The molecule has 3 aromatic rings. The molecule has 162 valence electrons. The number of hydrogen-bond donors (Lipinski definition) is 1. The van der Waals surface area contributed by atoms with E-state index in [1.807, 2.05) is 30.5 Å². The Kier molecular flexibility index (Phi) is 6.32. The summed E-state index contributed by atoms with van der Waals surface area (Å²) in [5, 5.41) is 5.06. The third-order valence-electron chi connectivity index (χ3n) is 5.86. The Morgan fingerprint density at radius 3 is 2.52 bits per heavy atom. The van der Waals surface area contributed by atoms with Crippen molar-refractivity contribution >= 4 is 28.9 Å². The summed E-state index contributed by atoms with van der Waals surface area (Å²) in [4.78, 5) is 9.14. The molecule has 7 heteroatoms. The van der Waals surface area contributed by atoms with E-state index in [9.17, 15) is 0 Å². The molecule has 1 aromatic carbocycles. The number of pyridine rings is 1. The molecule has 1 N–H and O–H groups in total. The molecule has 2 atom stereocenters. The monoisotopic (exact) mass is 453 g/mol. The van der Waals surface area contributed by atoms with E-state index in [1.54, 1.807) is 0 Å². The van der Waals surface area contributed by atoms with Crippen LogP contribution < -0.4 is 5.32 Å². The second kappa shape index (κ2) is 8.99. The van der Waals surface area contributed by atoms with E-state index in [1.165, 1.54) is 17.0 Å². The summed E-state index contributed by atoms with van der Waals surface area (Å²) >= 11 is 11.9. The number of halogens is 1. The van der Waals surface area contributed by atoms with Crippen LogP contribution >= 0.6 is 23.8 Å². The van der Waals surface area contributed by atoms with Gasteiger partial charge in [0, 0.05) is 41.4 Å². The molecule has 31 heavy (non-hydrogen) atoms. The quantitative estimate of drug-likeness (QED) is 0.548. The third-order valence-corrected chi connectivity index (χ3v) is 6.46. The van der Waals surface area contributed by atoms with Gasteiger partial charge in [0.2, 0.25) is 0 Å². The summed E-state index contributed by atoms with van der Waals surface area (Å²) in [5.41, 5.74) is 5.74. The van der Waals surface area contributed by atoms with E-state index in [4.69, 9.17) is 23.8 Å². The number of nitrogens with zero attached hydrogens (tertiary/aromatic N) is 4. The van der Waals surface area contributed by atoms with Gasteiger partial charge in [-0.05, 0) is 88.2 Å². The number of thiocarbonyl (C=S) groups is 1. The van der Waals surface area contributed by atoms with Gasteiger partial charge in [-0.3, -0.25) is 4.98 Å². The molecular formula is C24H28ClN5S. The van der Waals surface area contributed by atoms with Crippen LogP contribution in [0.5, 0.6) is 0 Å². The van der Waals surface area contributed by atoms with E-state index in [-0.39, 0.29) is 12.1 Å². The first-order valence-electron chi connectivity index (χ1n) is 10.4. The van der Waals surface area contributed by atoms with Crippen LogP contribution in [-0.2, 0) is 0 Å². The molecule has 1 saturated heterocycles. The van der Waals surface area contributed by atoms with Crippen LogP contribution in [0.25, 0.3) is 5.69 Å². The molecule has 1 aliphatic rings. The fourth-order valence-corrected chi connectivity index (χ4v) is 4.82. The molecule has 1 fully saturated rings. The SMILES string of the molecule is Cc1cc([C@@H]2[C@H](c3ccccn3)NC(=S)N2CCN(C)C)c(C)n1-c1ccc(Cl)cc1. The van der Waals surface area contributed by atoms with Crippen LogP contribution in [0.15, 0.2) is 54.7 Å². The maximum atomic E-state index is 6.12. The highest BCUT2D eigenvalue weighted by atomic mass is 35.5. The molecule has 4 rings (SSSR count). The Balaban J connectivity index is 1.80. The lowest BCUT2D eigenvalue weighted by molar-refractivity contribution is 0.277. The lowest BCUT2D eigenvalue weighted by Gasteiger charge is -2.29. The van der Waals surface area contributed by atoms with E-state index in [0.717, 1.165) is 34.6 Å². The zero-order valence-electron chi connectivity index (χ0n) is 18.3. The minimum absolute atomic E-state index is 0.00460. The van der Waals surface area contributed by atoms with Crippen molar-refractivity contribution in [2.45, 2.75) is 25.9 Å². The predicted molar refractivity (Wildman–Crippen MR) is 131 cm³/mol. The van der Waals surface area contributed by atoms with Crippen LogP contribution in [0.2, 0.25) is 5.02 Å². The standard InChI is InChI=1S/C24H28ClN5S/c1-16-15-20(17(2)30(16)19-10-8-18(25)9-11-19)23-22(21-7-5-6-12-26-21)27-24(31)29(23)14-13-28(3)4/h5-12,15,22-23H,13-14H2,1-4H3,(H,27,31)/t22-,23+/m0/s1. The van der Waals surface area contributed by atoms with Crippen molar-refractivity contribution in [3.63, 3.8) is 0 Å². The van der Waals surface area contributed by atoms with Crippen molar-refractivity contribution in [3.05, 3.63) is 82.4 Å². The average molecular weight is 454 g/mol. The zero-order chi connectivity index (χ0) is 22.1.